The van der Waals surface area contributed by atoms with Crippen molar-refractivity contribution in [1.82, 2.24) is 25.5 Å². The van der Waals surface area contributed by atoms with Crippen LogP contribution >= 0.6 is 0 Å². The van der Waals surface area contributed by atoms with Gasteiger partial charge < -0.3 is 20.9 Å². The van der Waals surface area contributed by atoms with Crippen LogP contribution in [0.1, 0.15) is 30.0 Å². The molecule has 9 nitrogen and oxygen atoms in total. The lowest BCUT2D eigenvalue weighted by molar-refractivity contribution is -0.123. The Balaban J connectivity index is 1.52. The number of rotatable bonds is 5. The summed E-state index contributed by atoms with van der Waals surface area (Å²) in [5.41, 5.74) is 7.79. The monoisotopic (exact) mass is 344 g/mol. The molecule has 1 saturated carbocycles. The fraction of sp³-hybridized carbons (Fsp3) is 0.500. The zero-order valence-electron chi connectivity index (χ0n) is 13.6. The van der Waals surface area contributed by atoms with Crippen molar-refractivity contribution in [1.29, 1.82) is 0 Å². The largest absolute Gasteiger partial charge is 0.493 e. The first-order chi connectivity index (χ1) is 12.1. The highest BCUT2D eigenvalue weighted by Crippen LogP contribution is 2.39. The maximum absolute atomic E-state index is 12.4. The summed E-state index contributed by atoms with van der Waals surface area (Å²) in [5.74, 6) is 0.983. The molecule has 4 rings (SSSR count). The Bertz CT molecular complexity index is 786. The van der Waals surface area contributed by atoms with Crippen LogP contribution < -0.4 is 15.8 Å². The van der Waals surface area contributed by atoms with E-state index in [9.17, 15) is 9.90 Å². The van der Waals surface area contributed by atoms with E-state index in [1.54, 1.807) is 0 Å². The summed E-state index contributed by atoms with van der Waals surface area (Å²) in [6, 6.07) is 5.85. The third-order valence-electron chi connectivity index (χ3n) is 4.86. The molecule has 1 unspecified atom stereocenters. The van der Waals surface area contributed by atoms with E-state index < -0.39 is 0 Å². The number of hydrogen-bond donors (Lipinski definition) is 3. The molecule has 1 fully saturated rings. The van der Waals surface area contributed by atoms with Crippen LogP contribution in [0.2, 0.25) is 0 Å². The number of fused-ring (bicyclic) bond motifs is 1. The van der Waals surface area contributed by atoms with Gasteiger partial charge in [-0.2, -0.15) is 0 Å². The van der Waals surface area contributed by atoms with Gasteiger partial charge in [-0.1, -0.05) is 11.2 Å². The van der Waals surface area contributed by atoms with Crippen LogP contribution in [-0.2, 0) is 17.8 Å². The molecule has 1 aliphatic heterocycles. The SMILES string of the molecule is Nc1nnnn1CC(=O)NC(c1ccc2c(c1)CCO2)C1CC(O)C1. The summed E-state index contributed by atoms with van der Waals surface area (Å²) in [6.45, 7) is 0.648. The first kappa shape index (κ1) is 15.8. The van der Waals surface area contributed by atoms with Gasteiger partial charge in [0.15, 0.2) is 0 Å². The van der Waals surface area contributed by atoms with Crippen molar-refractivity contribution in [2.45, 2.75) is 38.0 Å². The second-order valence-electron chi connectivity index (χ2n) is 6.59. The van der Waals surface area contributed by atoms with Crippen molar-refractivity contribution in [3.8, 4) is 5.75 Å². The van der Waals surface area contributed by atoms with Crippen LogP contribution in [0.15, 0.2) is 18.2 Å². The summed E-state index contributed by atoms with van der Waals surface area (Å²) in [5, 5.41) is 23.4. The Hall–Kier alpha value is -2.68. The summed E-state index contributed by atoms with van der Waals surface area (Å²) in [4.78, 5) is 12.4. The molecule has 1 aromatic carbocycles. The number of hydrogen-bond acceptors (Lipinski definition) is 7. The van der Waals surface area contributed by atoms with Gasteiger partial charge in [0, 0.05) is 6.42 Å². The Labute approximate surface area is 144 Å². The van der Waals surface area contributed by atoms with E-state index in [0.717, 1.165) is 23.3 Å². The van der Waals surface area contributed by atoms with Gasteiger partial charge in [-0.15, -0.1) is 0 Å². The van der Waals surface area contributed by atoms with E-state index in [0.29, 0.717) is 19.4 Å². The summed E-state index contributed by atoms with van der Waals surface area (Å²) < 4.78 is 6.80. The molecule has 132 valence electrons. The van der Waals surface area contributed by atoms with Gasteiger partial charge in [0.1, 0.15) is 12.3 Å². The number of anilines is 1. The molecule has 1 aromatic heterocycles. The van der Waals surface area contributed by atoms with Crippen molar-refractivity contribution < 1.29 is 14.6 Å². The zero-order chi connectivity index (χ0) is 17.4. The molecular weight excluding hydrogens is 324 g/mol. The number of nitrogens with one attached hydrogen (secondary N) is 1. The molecular formula is C16H20N6O3. The summed E-state index contributed by atoms with van der Waals surface area (Å²) in [7, 11) is 0. The Morgan fingerprint density at radius 3 is 3.04 bits per heavy atom. The standard InChI is InChI=1S/C16H20N6O3/c17-16-19-20-21-22(16)8-14(24)18-15(11-6-12(23)7-11)10-1-2-13-9(5-10)3-4-25-13/h1-2,5,11-12,15,23H,3-4,6-8H2,(H,18,24)(H2,17,19,21). The van der Waals surface area contributed by atoms with Crippen LogP contribution in [0.4, 0.5) is 5.95 Å². The fourth-order valence-electron chi connectivity index (χ4n) is 3.45. The number of aliphatic hydroxyl groups is 1. The highest BCUT2D eigenvalue weighted by molar-refractivity contribution is 5.76. The topological polar surface area (TPSA) is 128 Å². The normalized spacial score (nSPS) is 22.6. The van der Waals surface area contributed by atoms with Crippen LogP contribution in [0.3, 0.4) is 0 Å². The van der Waals surface area contributed by atoms with Gasteiger partial charge >= 0.3 is 0 Å². The van der Waals surface area contributed by atoms with Crippen LogP contribution in [0, 0.1) is 5.92 Å². The van der Waals surface area contributed by atoms with Crippen molar-refractivity contribution in [2.24, 2.45) is 5.92 Å². The third-order valence-corrected chi connectivity index (χ3v) is 4.86. The highest BCUT2D eigenvalue weighted by Gasteiger charge is 2.36. The molecule has 2 aliphatic rings. The number of aromatic nitrogens is 4. The number of nitrogens with zero attached hydrogens (tertiary/aromatic N) is 4. The van der Waals surface area contributed by atoms with Crippen LogP contribution in [-0.4, -0.2) is 43.9 Å². The fourth-order valence-corrected chi connectivity index (χ4v) is 3.45. The lowest BCUT2D eigenvalue weighted by atomic mass is 9.75. The number of nitrogen functional groups attached to an aromatic ring is 1. The molecule has 9 heteroatoms. The van der Waals surface area contributed by atoms with Crippen molar-refractivity contribution in [2.75, 3.05) is 12.3 Å². The lowest BCUT2D eigenvalue weighted by Crippen LogP contribution is -2.42. The van der Waals surface area contributed by atoms with Gasteiger partial charge in [-0.05, 0) is 52.4 Å². The van der Waals surface area contributed by atoms with E-state index in [1.807, 2.05) is 12.1 Å². The van der Waals surface area contributed by atoms with Crippen molar-refractivity contribution in [3.05, 3.63) is 29.3 Å². The Kier molecular flexibility index (Phi) is 4.00. The van der Waals surface area contributed by atoms with Crippen molar-refractivity contribution in [3.63, 3.8) is 0 Å². The molecule has 2 aromatic rings. The zero-order valence-corrected chi connectivity index (χ0v) is 13.6. The maximum atomic E-state index is 12.4. The molecule has 0 spiro atoms. The molecule has 25 heavy (non-hydrogen) atoms. The van der Waals surface area contributed by atoms with Gasteiger partial charge in [0.2, 0.25) is 11.9 Å². The van der Waals surface area contributed by atoms with Crippen molar-refractivity contribution >= 4 is 11.9 Å². The van der Waals surface area contributed by atoms with E-state index in [2.05, 4.69) is 26.9 Å². The number of benzene rings is 1. The first-order valence-electron chi connectivity index (χ1n) is 8.35. The van der Waals surface area contributed by atoms with E-state index >= 15 is 0 Å². The summed E-state index contributed by atoms with van der Waals surface area (Å²) in [6.07, 6.45) is 1.92. The van der Waals surface area contributed by atoms with Gasteiger partial charge in [0.05, 0.1) is 18.8 Å². The van der Waals surface area contributed by atoms with Gasteiger partial charge in [-0.25, -0.2) is 4.68 Å². The Morgan fingerprint density at radius 1 is 1.48 bits per heavy atom. The quantitative estimate of drug-likeness (QED) is 0.686. The second kappa shape index (κ2) is 6.32. The molecule has 0 radical (unpaired) electrons. The number of tetrazole rings is 1. The predicted molar refractivity (Wildman–Crippen MR) is 87.5 cm³/mol. The number of aliphatic hydroxyl groups excluding tert-OH is 1. The highest BCUT2D eigenvalue weighted by atomic mass is 16.5. The molecule has 1 aliphatic carbocycles. The molecule has 2 heterocycles. The molecule has 4 N–H and O–H groups in total. The minimum Gasteiger partial charge on any atom is -0.493 e. The molecule has 0 saturated heterocycles. The summed E-state index contributed by atoms with van der Waals surface area (Å²) >= 11 is 0. The first-order valence-corrected chi connectivity index (χ1v) is 8.35. The Morgan fingerprint density at radius 2 is 2.32 bits per heavy atom. The molecule has 1 amide bonds. The average molecular weight is 344 g/mol. The second-order valence-corrected chi connectivity index (χ2v) is 6.59. The lowest BCUT2D eigenvalue weighted by Gasteiger charge is -2.38. The van der Waals surface area contributed by atoms with Crippen LogP contribution in [0.5, 0.6) is 5.75 Å². The number of carbonyl (C=O) groups is 1. The van der Waals surface area contributed by atoms with E-state index in [1.165, 1.54) is 4.68 Å². The van der Waals surface area contributed by atoms with Gasteiger partial charge in [-0.3, -0.25) is 4.79 Å². The number of nitrogens with two attached hydrogens (primary N) is 1. The average Bonchev–Trinajstić information content (AvgIpc) is 3.18. The predicted octanol–water partition coefficient (Wildman–Crippen LogP) is -0.181. The van der Waals surface area contributed by atoms with Gasteiger partial charge in [0.25, 0.3) is 0 Å². The smallest absolute Gasteiger partial charge is 0.242 e. The molecule has 0 bridgehead atoms. The number of carbonyl (C=O) groups excluding carboxylic acids is 1. The minimum atomic E-state index is -0.294. The third kappa shape index (κ3) is 3.14. The number of amides is 1. The van der Waals surface area contributed by atoms with E-state index in [-0.39, 0.29) is 36.5 Å². The van der Waals surface area contributed by atoms with E-state index in [4.69, 9.17) is 10.5 Å². The maximum Gasteiger partial charge on any atom is 0.242 e. The number of ether oxygens (including phenoxy) is 1. The molecule has 1 atom stereocenters. The minimum absolute atomic E-state index is 0.0430. The van der Waals surface area contributed by atoms with Crippen LogP contribution in [0.25, 0.3) is 0 Å².